The van der Waals surface area contributed by atoms with Crippen LogP contribution in [0.4, 0.5) is 4.39 Å². The summed E-state index contributed by atoms with van der Waals surface area (Å²) in [6, 6.07) is 5.81. The molecule has 0 radical (unpaired) electrons. The Morgan fingerprint density at radius 2 is 2.00 bits per heavy atom. The molecule has 2 aliphatic rings. The van der Waals surface area contributed by atoms with Crippen LogP contribution in [-0.4, -0.2) is 66.8 Å². The number of likely N-dealkylation sites (tertiary alicyclic amines) is 2. The lowest BCUT2D eigenvalue weighted by atomic mass is 9.89. The second kappa shape index (κ2) is 8.63. The quantitative estimate of drug-likeness (QED) is 0.849. The van der Waals surface area contributed by atoms with Crippen molar-refractivity contribution >= 4 is 5.91 Å². The van der Waals surface area contributed by atoms with E-state index in [4.69, 9.17) is 4.74 Å². The summed E-state index contributed by atoms with van der Waals surface area (Å²) in [4.78, 5) is 16.8. The van der Waals surface area contributed by atoms with E-state index in [1.165, 1.54) is 25.0 Å². The molecule has 1 amide bonds. The monoisotopic (exact) mass is 350 g/mol. The second-order valence-electron chi connectivity index (χ2n) is 7.20. The first kappa shape index (κ1) is 18.1. The van der Waals surface area contributed by atoms with E-state index in [-0.39, 0.29) is 30.9 Å². The van der Waals surface area contributed by atoms with Crippen LogP contribution in [0.2, 0.25) is 0 Å². The Labute approximate surface area is 148 Å². The number of benzene rings is 1. The van der Waals surface area contributed by atoms with Gasteiger partial charge in [-0.15, -0.1) is 0 Å². The second-order valence-corrected chi connectivity index (χ2v) is 7.20. The lowest BCUT2D eigenvalue weighted by Crippen LogP contribution is -2.49. The molecule has 0 saturated carbocycles. The SMILES string of the molecule is O=C(COc1cccc(F)c1)N1C[C@H](CO)C[C@H](CN2CCCC2)C1. The Morgan fingerprint density at radius 1 is 1.24 bits per heavy atom. The highest BCUT2D eigenvalue weighted by Gasteiger charge is 2.31. The van der Waals surface area contributed by atoms with Crippen molar-refractivity contribution in [2.24, 2.45) is 11.8 Å². The number of ether oxygens (including phenoxy) is 1. The fraction of sp³-hybridized carbons (Fsp3) is 0.632. The zero-order valence-corrected chi connectivity index (χ0v) is 14.6. The molecule has 2 aliphatic heterocycles. The predicted octanol–water partition coefficient (Wildman–Crippen LogP) is 1.76. The van der Waals surface area contributed by atoms with E-state index in [0.717, 1.165) is 26.1 Å². The van der Waals surface area contributed by atoms with Gasteiger partial charge in [0, 0.05) is 32.3 Å². The summed E-state index contributed by atoms with van der Waals surface area (Å²) in [5, 5.41) is 9.58. The number of carbonyl (C=O) groups is 1. The lowest BCUT2D eigenvalue weighted by molar-refractivity contribution is -0.136. The zero-order chi connectivity index (χ0) is 17.6. The van der Waals surface area contributed by atoms with E-state index in [1.807, 2.05) is 0 Å². The van der Waals surface area contributed by atoms with Crippen molar-refractivity contribution in [3.05, 3.63) is 30.1 Å². The van der Waals surface area contributed by atoms with Gasteiger partial charge in [-0.1, -0.05) is 6.07 Å². The number of aliphatic hydroxyl groups is 1. The number of amides is 1. The van der Waals surface area contributed by atoms with Gasteiger partial charge in [0.05, 0.1) is 0 Å². The molecule has 1 aromatic carbocycles. The van der Waals surface area contributed by atoms with Crippen molar-refractivity contribution in [2.45, 2.75) is 19.3 Å². The highest BCUT2D eigenvalue weighted by Crippen LogP contribution is 2.24. The van der Waals surface area contributed by atoms with Gasteiger partial charge in [0.15, 0.2) is 6.61 Å². The number of aliphatic hydroxyl groups excluding tert-OH is 1. The third-order valence-corrected chi connectivity index (χ3v) is 5.11. The molecule has 1 aromatic rings. The van der Waals surface area contributed by atoms with Crippen molar-refractivity contribution in [1.82, 2.24) is 9.80 Å². The summed E-state index contributed by atoms with van der Waals surface area (Å²) >= 11 is 0. The molecule has 0 aromatic heterocycles. The minimum atomic E-state index is -0.381. The van der Waals surface area contributed by atoms with Gasteiger partial charge in [-0.3, -0.25) is 4.79 Å². The maximum atomic E-state index is 13.2. The van der Waals surface area contributed by atoms with E-state index in [2.05, 4.69) is 4.90 Å². The van der Waals surface area contributed by atoms with E-state index in [1.54, 1.807) is 17.0 Å². The molecule has 0 bridgehead atoms. The molecule has 0 unspecified atom stereocenters. The lowest BCUT2D eigenvalue weighted by Gasteiger charge is -2.38. The Kier molecular flexibility index (Phi) is 6.26. The van der Waals surface area contributed by atoms with E-state index in [9.17, 15) is 14.3 Å². The van der Waals surface area contributed by atoms with E-state index in [0.29, 0.717) is 24.8 Å². The molecule has 25 heavy (non-hydrogen) atoms. The molecular weight excluding hydrogens is 323 g/mol. The highest BCUT2D eigenvalue weighted by molar-refractivity contribution is 5.77. The van der Waals surface area contributed by atoms with Crippen LogP contribution in [0.25, 0.3) is 0 Å². The summed E-state index contributed by atoms with van der Waals surface area (Å²) < 4.78 is 18.6. The summed E-state index contributed by atoms with van der Waals surface area (Å²) in [6.45, 7) is 4.54. The fourth-order valence-corrected chi connectivity index (χ4v) is 3.91. The first-order valence-electron chi connectivity index (χ1n) is 9.13. The Balaban J connectivity index is 1.54. The number of nitrogens with zero attached hydrogens (tertiary/aromatic N) is 2. The molecular formula is C19H27FN2O3. The molecule has 6 heteroatoms. The normalized spacial score (nSPS) is 24.5. The first-order chi connectivity index (χ1) is 12.1. The van der Waals surface area contributed by atoms with Gasteiger partial charge < -0.3 is 19.6 Å². The zero-order valence-electron chi connectivity index (χ0n) is 14.6. The van der Waals surface area contributed by atoms with Crippen LogP contribution in [0.1, 0.15) is 19.3 Å². The molecule has 3 rings (SSSR count). The Morgan fingerprint density at radius 3 is 2.72 bits per heavy atom. The van der Waals surface area contributed by atoms with Gasteiger partial charge >= 0.3 is 0 Å². The van der Waals surface area contributed by atoms with Gasteiger partial charge in [-0.25, -0.2) is 4.39 Å². The minimum Gasteiger partial charge on any atom is -0.484 e. The molecule has 2 fully saturated rings. The third kappa shape index (κ3) is 5.16. The summed E-state index contributed by atoms with van der Waals surface area (Å²) in [7, 11) is 0. The van der Waals surface area contributed by atoms with Crippen LogP contribution in [0, 0.1) is 17.7 Å². The Bertz CT molecular complexity index is 578. The fourth-order valence-electron chi connectivity index (χ4n) is 3.91. The molecule has 2 atom stereocenters. The van der Waals surface area contributed by atoms with Gasteiger partial charge in [-0.2, -0.15) is 0 Å². The topological polar surface area (TPSA) is 53.0 Å². The standard InChI is InChI=1S/C19H27FN2O3/c20-17-4-3-5-18(9-17)25-14-19(24)22-11-15(8-16(12-22)13-23)10-21-6-1-2-7-21/h3-5,9,15-16,23H,1-2,6-8,10-14H2/t15-,16-/m1/s1. The van der Waals surface area contributed by atoms with Crippen LogP contribution < -0.4 is 4.74 Å². The number of rotatable bonds is 6. The van der Waals surface area contributed by atoms with Gasteiger partial charge in [0.2, 0.25) is 0 Å². The van der Waals surface area contributed by atoms with E-state index >= 15 is 0 Å². The smallest absolute Gasteiger partial charge is 0.260 e. The van der Waals surface area contributed by atoms with Crippen LogP contribution in [-0.2, 0) is 4.79 Å². The van der Waals surface area contributed by atoms with E-state index < -0.39 is 0 Å². The number of hydrogen-bond acceptors (Lipinski definition) is 4. The summed E-state index contributed by atoms with van der Waals surface area (Å²) in [5.41, 5.74) is 0. The summed E-state index contributed by atoms with van der Waals surface area (Å²) in [6.07, 6.45) is 3.46. The van der Waals surface area contributed by atoms with Crippen molar-refractivity contribution in [1.29, 1.82) is 0 Å². The van der Waals surface area contributed by atoms with Crippen LogP contribution >= 0.6 is 0 Å². The number of hydrogen-bond donors (Lipinski definition) is 1. The highest BCUT2D eigenvalue weighted by atomic mass is 19.1. The molecule has 0 spiro atoms. The molecule has 2 saturated heterocycles. The molecule has 138 valence electrons. The average Bonchev–Trinajstić information content (AvgIpc) is 3.12. The van der Waals surface area contributed by atoms with Crippen molar-refractivity contribution in [2.75, 3.05) is 45.9 Å². The molecule has 1 N–H and O–H groups in total. The summed E-state index contributed by atoms with van der Waals surface area (Å²) in [5.74, 6) is 0.391. The van der Waals surface area contributed by atoms with Crippen LogP contribution in [0.15, 0.2) is 24.3 Å². The first-order valence-corrected chi connectivity index (χ1v) is 9.13. The molecule has 2 heterocycles. The minimum absolute atomic E-state index is 0.0992. The number of carbonyl (C=O) groups excluding carboxylic acids is 1. The van der Waals surface area contributed by atoms with Gasteiger partial charge in [0.25, 0.3) is 5.91 Å². The largest absolute Gasteiger partial charge is 0.484 e. The number of halogens is 1. The van der Waals surface area contributed by atoms with Crippen molar-refractivity contribution in [3.63, 3.8) is 0 Å². The number of piperidine rings is 1. The molecule has 0 aliphatic carbocycles. The van der Waals surface area contributed by atoms with Crippen molar-refractivity contribution < 1.29 is 19.0 Å². The van der Waals surface area contributed by atoms with Gasteiger partial charge in [0.1, 0.15) is 11.6 Å². The Hall–Kier alpha value is -1.66. The maximum absolute atomic E-state index is 13.2. The molecule has 5 nitrogen and oxygen atoms in total. The predicted molar refractivity (Wildman–Crippen MR) is 92.8 cm³/mol. The average molecular weight is 350 g/mol. The van der Waals surface area contributed by atoms with Crippen LogP contribution in [0.3, 0.4) is 0 Å². The van der Waals surface area contributed by atoms with Crippen LogP contribution in [0.5, 0.6) is 5.75 Å². The van der Waals surface area contributed by atoms with Crippen molar-refractivity contribution in [3.8, 4) is 5.75 Å². The van der Waals surface area contributed by atoms with Gasteiger partial charge in [-0.05, 0) is 56.3 Å². The maximum Gasteiger partial charge on any atom is 0.260 e. The third-order valence-electron chi connectivity index (χ3n) is 5.11.